The van der Waals surface area contributed by atoms with Gasteiger partial charge in [-0.2, -0.15) is 0 Å². The molecule has 1 aliphatic rings. The average Bonchev–Trinajstić information content (AvgIpc) is 2.83. The van der Waals surface area contributed by atoms with E-state index in [0.29, 0.717) is 12.7 Å². The first-order valence-electron chi connectivity index (χ1n) is 6.24. The van der Waals surface area contributed by atoms with Crippen molar-refractivity contribution in [2.24, 2.45) is 0 Å². The number of hydrogen-bond donors (Lipinski definition) is 0. The highest BCUT2D eigenvalue weighted by Gasteiger charge is 2.50. The van der Waals surface area contributed by atoms with Crippen molar-refractivity contribution in [2.75, 3.05) is 0 Å². The second-order valence-electron chi connectivity index (χ2n) is 5.63. The van der Waals surface area contributed by atoms with Crippen molar-refractivity contribution in [2.45, 2.75) is 51.6 Å². The molecule has 0 atom stereocenters. The van der Waals surface area contributed by atoms with E-state index in [2.05, 4.69) is 0 Å². The lowest BCUT2D eigenvalue weighted by Gasteiger charge is -2.32. The number of carbonyl (C=O) groups excluding carboxylic acids is 1. The molecule has 0 bridgehead atoms. The van der Waals surface area contributed by atoms with Crippen molar-refractivity contribution < 1.29 is 14.1 Å². The fourth-order valence-electron chi connectivity index (χ4n) is 1.89. The smallest absolute Gasteiger partial charge is 0.403 e. The van der Waals surface area contributed by atoms with Gasteiger partial charge >= 0.3 is 7.12 Å². The summed E-state index contributed by atoms with van der Waals surface area (Å²) in [5.74, 6) is 0.166. The van der Waals surface area contributed by atoms with E-state index in [1.807, 2.05) is 45.2 Å². The summed E-state index contributed by atoms with van der Waals surface area (Å²) in [7, 11) is -0.279. The van der Waals surface area contributed by atoms with Crippen molar-refractivity contribution in [3.05, 3.63) is 22.4 Å². The Bertz CT molecular complexity index is 409. The SMILES string of the molecule is CC1(C)OB(CCC(=O)c2cccs2)OC1(C)C. The molecule has 3 nitrogen and oxygen atoms in total. The van der Waals surface area contributed by atoms with Crippen LogP contribution in [0.3, 0.4) is 0 Å². The minimum absolute atomic E-state index is 0.166. The van der Waals surface area contributed by atoms with Crippen molar-refractivity contribution >= 4 is 24.2 Å². The third kappa shape index (κ3) is 2.68. The van der Waals surface area contributed by atoms with Crippen LogP contribution in [-0.2, 0) is 9.31 Å². The zero-order valence-corrected chi connectivity index (χ0v) is 12.2. The number of thiophene rings is 1. The number of carbonyl (C=O) groups is 1. The molecule has 0 unspecified atom stereocenters. The third-order valence-electron chi connectivity index (χ3n) is 3.71. The number of Topliss-reactive ketones (excluding diaryl/α,β-unsaturated/α-hetero) is 1. The van der Waals surface area contributed by atoms with Gasteiger partial charge in [-0.15, -0.1) is 11.3 Å². The quantitative estimate of drug-likeness (QED) is 0.618. The van der Waals surface area contributed by atoms with Gasteiger partial charge in [-0.25, -0.2) is 0 Å². The summed E-state index contributed by atoms with van der Waals surface area (Å²) >= 11 is 1.48. The molecule has 0 N–H and O–H groups in total. The van der Waals surface area contributed by atoms with Crippen LogP contribution in [0.25, 0.3) is 0 Å². The Morgan fingerprint density at radius 2 is 1.89 bits per heavy atom. The highest BCUT2D eigenvalue weighted by Crippen LogP contribution is 2.38. The van der Waals surface area contributed by atoms with Gasteiger partial charge in [0.2, 0.25) is 0 Å². The minimum atomic E-state index is -0.316. The second kappa shape index (κ2) is 4.80. The minimum Gasteiger partial charge on any atom is -0.403 e. The van der Waals surface area contributed by atoms with Gasteiger partial charge in [0.25, 0.3) is 0 Å². The molecule has 98 valence electrons. The highest BCUT2D eigenvalue weighted by molar-refractivity contribution is 7.12. The normalized spacial score (nSPS) is 21.2. The number of hydrogen-bond acceptors (Lipinski definition) is 4. The predicted octanol–water partition coefficient (Wildman–Crippen LogP) is 3.41. The maximum absolute atomic E-state index is 11.9. The van der Waals surface area contributed by atoms with E-state index >= 15 is 0 Å². The standard InChI is InChI=1S/C13H19BO3S/c1-12(2)13(3,4)17-14(16-12)8-7-10(15)11-6-5-9-18-11/h5-6,9H,7-8H2,1-4H3. The number of ketones is 1. The molecule has 1 aromatic heterocycles. The molecule has 2 rings (SSSR count). The maximum Gasteiger partial charge on any atom is 0.458 e. The van der Waals surface area contributed by atoms with Crippen LogP contribution in [0.1, 0.15) is 43.8 Å². The lowest BCUT2D eigenvalue weighted by Crippen LogP contribution is -2.41. The maximum atomic E-state index is 11.9. The van der Waals surface area contributed by atoms with Gasteiger partial charge in [0.05, 0.1) is 16.1 Å². The first-order chi connectivity index (χ1) is 8.32. The van der Waals surface area contributed by atoms with Crippen LogP contribution in [0.4, 0.5) is 0 Å². The van der Waals surface area contributed by atoms with Crippen molar-refractivity contribution in [3.63, 3.8) is 0 Å². The summed E-state index contributed by atoms with van der Waals surface area (Å²) in [5, 5.41) is 1.92. The zero-order chi connectivity index (χ0) is 13.4. The van der Waals surface area contributed by atoms with Gasteiger partial charge in [0.1, 0.15) is 0 Å². The van der Waals surface area contributed by atoms with Gasteiger partial charge in [0, 0.05) is 6.42 Å². The average molecular weight is 266 g/mol. The van der Waals surface area contributed by atoms with Gasteiger partial charge in [-0.05, 0) is 45.5 Å². The third-order valence-corrected chi connectivity index (χ3v) is 4.62. The Labute approximate surface area is 113 Å². The van der Waals surface area contributed by atoms with Crippen LogP contribution >= 0.6 is 11.3 Å². The van der Waals surface area contributed by atoms with E-state index in [0.717, 1.165) is 4.88 Å². The molecule has 1 aliphatic heterocycles. The van der Waals surface area contributed by atoms with Crippen molar-refractivity contribution in [1.29, 1.82) is 0 Å². The van der Waals surface area contributed by atoms with Crippen LogP contribution in [0.2, 0.25) is 6.32 Å². The first-order valence-corrected chi connectivity index (χ1v) is 7.12. The molecular weight excluding hydrogens is 247 g/mol. The molecule has 5 heteroatoms. The summed E-state index contributed by atoms with van der Waals surface area (Å²) in [6.07, 6.45) is 1.08. The topological polar surface area (TPSA) is 35.5 Å². The molecule has 0 saturated carbocycles. The fourth-order valence-corrected chi connectivity index (χ4v) is 2.59. The molecule has 1 aromatic rings. The summed E-state index contributed by atoms with van der Waals surface area (Å²) in [4.78, 5) is 12.7. The molecule has 0 aliphatic carbocycles. The molecule has 0 radical (unpaired) electrons. The lowest BCUT2D eigenvalue weighted by molar-refractivity contribution is 0.00578. The van der Waals surface area contributed by atoms with E-state index in [9.17, 15) is 4.79 Å². The highest BCUT2D eigenvalue weighted by atomic mass is 32.1. The Morgan fingerprint density at radius 3 is 2.39 bits per heavy atom. The summed E-state index contributed by atoms with van der Waals surface area (Å²) in [6.45, 7) is 8.09. The van der Waals surface area contributed by atoms with Gasteiger partial charge in [-0.1, -0.05) is 6.07 Å². The summed E-state index contributed by atoms with van der Waals surface area (Å²) in [5.41, 5.74) is -0.632. The molecule has 2 heterocycles. The van der Waals surface area contributed by atoms with Crippen molar-refractivity contribution in [3.8, 4) is 0 Å². The van der Waals surface area contributed by atoms with Crippen molar-refractivity contribution in [1.82, 2.24) is 0 Å². The Kier molecular flexibility index (Phi) is 3.67. The molecule has 1 fully saturated rings. The van der Waals surface area contributed by atoms with Gasteiger partial charge in [0.15, 0.2) is 5.78 Å². The van der Waals surface area contributed by atoms with Crippen LogP contribution in [0.5, 0.6) is 0 Å². The Balaban J connectivity index is 1.88. The van der Waals surface area contributed by atoms with Crippen LogP contribution in [0, 0.1) is 0 Å². The lowest BCUT2D eigenvalue weighted by atomic mass is 9.82. The zero-order valence-electron chi connectivity index (χ0n) is 11.4. The Morgan fingerprint density at radius 1 is 1.28 bits per heavy atom. The molecule has 0 amide bonds. The molecule has 0 spiro atoms. The molecule has 0 aromatic carbocycles. The largest absolute Gasteiger partial charge is 0.458 e. The molecule has 18 heavy (non-hydrogen) atoms. The van der Waals surface area contributed by atoms with E-state index in [1.54, 1.807) is 0 Å². The summed E-state index contributed by atoms with van der Waals surface area (Å²) in [6, 6.07) is 3.75. The fraction of sp³-hybridized carbons (Fsp3) is 0.615. The van der Waals surface area contributed by atoms with Gasteiger partial charge in [-0.3, -0.25) is 4.79 Å². The van der Waals surface area contributed by atoms with E-state index in [4.69, 9.17) is 9.31 Å². The second-order valence-corrected chi connectivity index (χ2v) is 6.57. The van der Waals surface area contributed by atoms with E-state index in [1.165, 1.54) is 11.3 Å². The van der Waals surface area contributed by atoms with E-state index < -0.39 is 0 Å². The van der Waals surface area contributed by atoms with Crippen LogP contribution in [-0.4, -0.2) is 24.1 Å². The monoisotopic (exact) mass is 266 g/mol. The number of rotatable bonds is 4. The van der Waals surface area contributed by atoms with Gasteiger partial charge < -0.3 is 9.31 Å². The Hall–Kier alpha value is -0.645. The molecular formula is C13H19BO3S. The summed E-state index contributed by atoms with van der Waals surface area (Å²) < 4.78 is 11.7. The van der Waals surface area contributed by atoms with Crippen LogP contribution in [0.15, 0.2) is 17.5 Å². The first kappa shape index (κ1) is 13.8. The van der Waals surface area contributed by atoms with Crippen LogP contribution < -0.4 is 0 Å². The predicted molar refractivity (Wildman–Crippen MR) is 74.2 cm³/mol. The van der Waals surface area contributed by atoms with E-state index in [-0.39, 0.29) is 24.1 Å². The molecule has 1 saturated heterocycles.